The van der Waals surface area contributed by atoms with Crippen molar-refractivity contribution in [3.05, 3.63) is 83.8 Å². The average molecular weight is 384 g/mol. The van der Waals surface area contributed by atoms with E-state index in [0.29, 0.717) is 23.6 Å². The van der Waals surface area contributed by atoms with Crippen LogP contribution in [0.5, 0.6) is 0 Å². The number of benzene rings is 2. The minimum absolute atomic E-state index is 0.181. The van der Waals surface area contributed by atoms with Crippen molar-refractivity contribution in [1.29, 1.82) is 0 Å². The second-order valence-electron chi connectivity index (χ2n) is 6.24. The van der Waals surface area contributed by atoms with Gasteiger partial charge < -0.3 is 9.32 Å². The van der Waals surface area contributed by atoms with Crippen molar-refractivity contribution in [1.82, 2.24) is 4.90 Å². The summed E-state index contributed by atoms with van der Waals surface area (Å²) in [5.41, 5.74) is 1.83. The number of hydrogen-bond donors (Lipinski definition) is 1. The van der Waals surface area contributed by atoms with Crippen LogP contribution in [-0.4, -0.2) is 26.3 Å². The molecule has 0 unspecified atom stereocenters. The first-order valence-corrected chi connectivity index (χ1v) is 9.81. The highest BCUT2D eigenvalue weighted by atomic mass is 32.2. The maximum Gasteiger partial charge on any atom is 0.261 e. The number of carbonyl (C=O) groups is 1. The van der Waals surface area contributed by atoms with Crippen molar-refractivity contribution in [2.75, 3.05) is 11.8 Å². The Morgan fingerprint density at radius 3 is 2.30 bits per heavy atom. The van der Waals surface area contributed by atoms with Gasteiger partial charge in [0.1, 0.15) is 5.76 Å². The minimum Gasteiger partial charge on any atom is -0.467 e. The number of furan rings is 1. The van der Waals surface area contributed by atoms with Gasteiger partial charge in [-0.1, -0.05) is 17.7 Å². The van der Waals surface area contributed by atoms with Crippen LogP contribution in [0.2, 0.25) is 0 Å². The number of aryl methyl sites for hydroxylation is 1. The highest BCUT2D eigenvalue weighted by Gasteiger charge is 2.16. The van der Waals surface area contributed by atoms with E-state index in [1.165, 1.54) is 4.90 Å². The lowest BCUT2D eigenvalue weighted by Gasteiger charge is -2.16. The monoisotopic (exact) mass is 384 g/mol. The third-order valence-corrected chi connectivity index (χ3v) is 5.43. The summed E-state index contributed by atoms with van der Waals surface area (Å²) in [6.45, 7) is 2.25. The summed E-state index contributed by atoms with van der Waals surface area (Å²) in [5.74, 6) is 0.507. The van der Waals surface area contributed by atoms with E-state index in [-0.39, 0.29) is 10.8 Å². The summed E-state index contributed by atoms with van der Waals surface area (Å²) < 4.78 is 32.6. The van der Waals surface area contributed by atoms with Gasteiger partial charge in [0.05, 0.1) is 17.7 Å². The quantitative estimate of drug-likeness (QED) is 0.703. The Bertz CT molecular complexity index is 1010. The van der Waals surface area contributed by atoms with Crippen molar-refractivity contribution < 1.29 is 17.6 Å². The first-order chi connectivity index (χ1) is 12.8. The number of hydrogen-bond acceptors (Lipinski definition) is 4. The molecule has 3 rings (SSSR count). The van der Waals surface area contributed by atoms with E-state index in [1.807, 2.05) is 6.92 Å². The summed E-state index contributed by atoms with van der Waals surface area (Å²) in [7, 11) is -1.99. The Morgan fingerprint density at radius 2 is 1.70 bits per heavy atom. The maximum absolute atomic E-state index is 12.5. The van der Waals surface area contributed by atoms with Crippen LogP contribution < -0.4 is 4.72 Å². The van der Waals surface area contributed by atoms with E-state index in [1.54, 1.807) is 74.0 Å². The minimum atomic E-state index is -3.67. The van der Waals surface area contributed by atoms with Gasteiger partial charge >= 0.3 is 0 Å². The molecule has 27 heavy (non-hydrogen) atoms. The molecule has 3 aromatic rings. The molecule has 0 atom stereocenters. The van der Waals surface area contributed by atoms with Gasteiger partial charge in [-0.15, -0.1) is 0 Å². The van der Waals surface area contributed by atoms with Gasteiger partial charge in [-0.2, -0.15) is 0 Å². The second-order valence-corrected chi connectivity index (χ2v) is 7.92. The maximum atomic E-state index is 12.5. The molecule has 6 nitrogen and oxygen atoms in total. The molecule has 0 aliphatic rings. The molecule has 1 heterocycles. The molecule has 0 fully saturated rings. The van der Waals surface area contributed by atoms with Gasteiger partial charge in [-0.05, 0) is 55.5 Å². The Morgan fingerprint density at radius 1 is 1.04 bits per heavy atom. The molecule has 0 aliphatic heterocycles. The largest absolute Gasteiger partial charge is 0.467 e. The second kappa shape index (κ2) is 7.67. The van der Waals surface area contributed by atoms with Gasteiger partial charge in [-0.3, -0.25) is 9.52 Å². The highest BCUT2D eigenvalue weighted by molar-refractivity contribution is 7.92. The molecule has 1 N–H and O–H groups in total. The number of sulfonamides is 1. The lowest BCUT2D eigenvalue weighted by atomic mass is 10.2. The van der Waals surface area contributed by atoms with Gasteiger partial charge in [0.25, 0.3) is 15.9 Å². The average Bonchev–Trinajstić information content (AvgIpc) is 3.15. The van der Waals surface area contributed by atoms with E-state index < -0.39 is 10.0 Å². The van der Waals surface area contributed by atoms with Crippen LogP contribution in [0.1, 0.15) is 21.7 Å². The zero-order chi connectivity index (χ0) is 19.4. The Hall–Kier alpha value is -3.06. The number of anilines is 1. The van der Waals surface area contributed by atoms with E-state index in [2.05, 4.69) is 4.72 Å². The summed E-state index contributed by atoms with van der Waals surface area (Å²) >= 11 is 0. The number of nitrogens with one attached hydrogen (secondary N) is 1. The van der Waals surface area contributed by atoms with Gasteiger partial charge in [0.15, 0.2) is 0 Å². The smallest absolute Gasteiger partial charge is 0.261 e. The molecule has 0 spiro atoms. The predicted molar refractivity (Wildman–Crippen MR) is 103 cm³/mol. The SMILES string of the molecule is Cc1ccc(S(=O)(=O)Nc2ccc(C(=O)N(C)Cc3ccco3)cc2)cc1. The predicted octanol–water partition coefficient (Wildman–Crippen LogP) is 3.66. The molecule has 0 saturated carbocycles. The number of carbonyl (C=O) groups excluding carboxylic acids is 1. The molecule has 0 saturated heterocycles. The summed E-state index contributed by atoms with van der Waals surface area (Å²) in [4.78, 5) is 14.2. The third-order valence-electron chi connectivity index (χ3n) is 4.04. The van der Waals surface area contributed by atoms with Crippen molar-refractivity contribution in [2.24, 2.45) is 0 Å². The van der Waals surface area contributed by atoms with E-state index in [4.69, 9.17) is 4.42 Å². The van der Waals surface area contributed by atoms with Crippen LogP contribution in [0, 0.1) is 6.92 Å². The summed E-state index contributed by atoms with van der Waals surface area (Å²) in [5, 5.41) is 0. The Labute approximate surface area is 158 Å². The summed E-state index contributed by atoms with van der Waals surface area (Å²) in [6.07, 6.45) is 1.56. The lowest BCUT2D eigenvalue weighted by Crippen LogP contribution is -2.26. The Kier molecular flexibility index (Phi) is 5.32. The zero-order valence-corrected chi connectivity index (χ0v) is 15.9. The highest BCUT2D eigenvalue weighted by Crippen LogP contribution is 2.18. The molecule has 1 amide bonds. The number of rotatable bonds is 6. The fourth-order valence-corrected chi connectivity index (χ4v) is 3.60. The van der Waals surface area contributed by atoms with Crippen LogP contribution in [0.15, 0.2) is 76.2 Å². The van der Waals surface area contributed by atoms with Gasteiger partial charge in [0, 0.05) is 18.3 Å². The van der Waals surface area contributed by atoms with Crippen molar-refractivity contribution >= 4 is 21.6 Å². The van der Waals surface area contributed by atoms with Crippen molar-refractivity contribution in [3.8, 4) is 0 Å². The van der Waals surface area contributed by atoms with E-state index in [0.717, 1.165) is 5.56 Å². The molecule has 1 aromatic heterocycles. The molecule has 2 aromatic carbocycles. The topological polar surface area (TPSA) is 79.6 Å². The molecule has 140 valence electrons. The first kappa shape index (κ1) is 18.7. The molecular formula is C20H20N2O4S. The number of nitrogens with zero attached hydrogens (tertiary/aromatic N) is 1. The standard InChI is InChI=1S/C20H20N2O4S/c1-15-5-11-19(12-6-15)27(24,25)21-17-9-7-16(8-10-17)20(23)22(2)14-18-4-3-13-26-18/h3-13,21H,14H2,1-2H3. The Balaban J connectivity index is 1.69. The van der Waals surface area contributed by atoms with E-state index in [9.17, 15) is 13.2 Å². The van der Waals surface area contributed by atoms with Crippen LogP contribution >= 0.6 is 0 Å². The third kappa shape index (κ3) is 4.57. The molecule has 7 heteroatoms. The molecule has 0 radical (unpaired) electrons. The summed E-state index contributed by atoms with van der Waals surface area (Å²) in [6, 6.07) is 16.5. The fraction of sp³-hybridized carbons (Fsp3) is 0.150. The normalized spacial score (nSPS) is 11.2. The first-order valence-electron chi connectivity index (χ1n) is 8.32. The molecule has 0 bridgehead atoms. The molecule has 0 aliphatic carbocycles. The van der Waals surface area contributed by atoms with Crippen LogP contribution in [0.3, 0.4) is 0 Å². The van der Waals surface area contributed by atoms with Crippen LogP contribution in [0.25, 0.3) is 0 Å². The van der Waals surface area contributed by atoms with Crippen LogP contribution in [-0.2, 0) is 16.6 Å². The van der Waals surface area contributed by atoms with E-state index >= 15 is 0 Å². The van der Waals surface area contributed by atoms with Crippen molar-refractivity contribution in [2.45, 2.75) is 18.4 Å². The zero-order valence-electron chi connectivity index (χ0n) is 15.0. The van der Waals surface area contributed by atoms with Gasteiger partial charge in [0.2, 0.25) is 0 Å². The van der Waals surface area contributed by atoms with Crippen molar-refractivity contribution in [3.63, 3.8) is 0 Å². The van der Waals surface area contributed by atoms with Crippen LogP contribution in [0.4, 0.5) is 5.69 Å². The number of amides is 1. The lowest BCUT2D eigenvalue weighted by molar-refractivity contribution is 0.0775. The van der Waals surface area contributed by atoms with Gasteiger partial charge in [-0.25, -0.2) is 8.42 Å². The molecular weight excluding hydrogens is 364 g/mol. The fourth-order valence-electron chi connectivity index (χ4n) is 2.54.